The molecule has 1 aliphatic heterocycles. The summed E-state index contributed by atoms with van der Waals surface area (Å²) in [5, 5.41) is 10.0. The Kier molecular flexibility index (Phi) is 4.64. The number of aromatic nitrogens is 3. The smallest absolute Gasteiger partial charge is 0.318 e. The van der Waals surface area contributed by atoms with Crippen molar-refractivity contribution in [1.82, 2.24) is 25.4 Å². The molecule has 140 valence electrons. The van der Waals surface area contributed by atoms with E-state index < -0.39 is 5.60 Å². The maximum Gasteiger partial charge on any atom is 0.318 e. The topological polar surface area (TPSA) is 83.1 Å². The summed E-state index contributed by atoms with van der Waals surface area (Å²) in [5.41, 5.74) is 0.410. The summed E-state index contributed by atoms with van der Waals surface area (Å²) in [4.78, 5) is 19.0. The van der Waals surface area contributed by atoms with Crippen LogP contribution in [0.2, 0.25) is 0 Å². The lowest BCUT2D eigenvalue weighted by atomic mass is 9.96. The Balaban J connectivity index is 1.68. The van der Waals surface area contributed by atoms with E-state index in [4.69, 9.17) is 4.74 Å². The van der Waals surface area contributed by atoms with Crippen LogP contribution in [0.1, 0.15) is 51.8 Å². The minimum absolute atomic E-state index is 0.130. The summed E-state index contributed by atoms with van der Waals surface area (Å²) in [6.45, 7) is 11.4. The minimum atomic E-state index is -0.463. The highest BCUT2D eigenvalue weighted by Gasteiger charge is 2.31. The van der Waals surface area contributed by atoms with Gasteiger partial charge in [-0.05, 0) is 19.9 Å². The lowest BCUT2D eigenvalue weighted by Crippen LogP contribution is -2.47. The Hall–Kier alpha value is -2.57. The Morgan fingerprint density at radius 2 is 2.08 bits per heavy atom. The summed E-state index contributed by atoms with van der Waals surface area (Å²) < 4.78 is 6.08. The molecule has 2 heterocycles. The Morgan fingerprint density at radius 1 is 1.35 bits per heavy atom. The lowest BCUT2D eigenvalue weighted by molar-refractivity contribution is 0.0806. The molecule has 1 aromatic carbocycles. The van der Waals surface area contributed by atoms with Gasteiger partial charge in [0.25, 0.3) is 0 Å². The van der Waals surface area contributed by atoms with Gasteiger partial charge >= 0.3 is 6.03 Å². The van der Waals surface area contributed by atoms with Crippen molar-refractivity contribution in [2.75, 3.05) is 6.54 Å². The Labute approximate surface area is 154 Å². The number of H-pyrrole nitrogens is 1. The van der Waals surface area contributed by atoms with Crippen molar-refractivity contribution in [3.63, 3.8) is 0 Å². The number of hydrogen-bond donors (Lipinski definition) is 2. The molecular weight excluding hydrogens is 330 g/mol. The third-order valence-corrected chi connectivity index (χ3v) is 4.19. The number of carbonyl (C=O) groups is 1. The van der Waals surface area contributed by atoms with Crippen molar-refractivity contribution in [2.24, 2.45) is 0 Å². The molecule has 0 atom stereocenters. The number of ether oxygens (including phenoxy) is 1. The number of rotatable bonds is 2. The number of hydrogen-bond acceptors (Lipinski definition) is 4. The van der Waals surface area contributed by atoms with Crippen LogP contribution in [0.15, 0.2) is 24.3 Å². The summed E-state index contributed by atoms with van der Waals surface area (Å²) in [6, 6.07) is 7.69. The van der Waals surface area contributed by atoms with Crippen molar-refractivity contribution in [2.45, 2.75) is 58.7 Å². The molecule has 3 rings (SSSR count). The number of para-hydroxylation sites is 1. The average Bonchev–Trinajstić information content (AvgIpc) is 2.97. The molecule has 0 aliphatic carbocycles. The van der Waals surface area contributed by atoms with Gasteiger partial charge < -0.3 is 15.0 Å². The second-order valence-corrected chi connectivity index (χ2v) is 8.34. The number of aromatic amines is 1. The normalized spacial score (nSPS) is 16.4. The maximum absolute atomic E-state index is 12.7. The zero-order chi connectivity index (χ0) is 18.9. The highest BCUT2D eigenvalue weighted by atomic mass is 16.5. The average molecular weight is 357 g/mol. The minimum Gasteiger partial charge on any atom is -0.486 e. The number of nitrogens with one attached hydrogen (secondary N) is 2. The van der Waals surface area contributed by atoms with Crippen molar-refractivity contribution in [1.29, 1.82) is 0 Å². The van der Waals surface area contributed by atoms with Crippen molar-refractivity contribution in [3.05, 3.63) is 41.5 Å². The monoisotopic (exact) mass is 357 g/mol. The Bertz CT molecular complexity index is 791. The highest BCUT2D eigenvalue weighted by molar-refractivity contribution is 5.74. The third-order valence-electron chi connectivity index (χ3n) is 4.19. The van der Waals surface area contributed by atoms with E-state index >= 15 is 0 Å². The molecule has 2 aromatic rings. The van der Waals surface area contributed by atoms with Crippen molar-refractivity contribution < 1.29 is 9.53 Å². The molecule has 2 N–H and O–H groups in total. The highest BCUT2D eigenvalue weighted by Crippen LogP contribution is 2.29. The van der Waals surface area contributed by atoms with Gasteiger partial charge in [-0.3, -0.25) is 5.10 Å². The van der Waals surface area contributed by atoms with Crippen LogP contribution in [0.3, 0.4) is 0 Å². The van der Waals surface area contributed by atoms with E-state index in [0.29, 0.717) is 25.5 Å². The molecule has 1 aliphatic rings. The van der Waals surface area contributed by atoms with E-state index in [0.717, 1.165) is 17.1 Å². The number of nitrogens with zero attached hydrogens (tertiary/aromatic N) is 3. The molecule has 26 heavy (non-hydrogen) atoms. The van der Waals surface area contributed by atoms with Crippen LogP contribution >= 0.6 is 0 Å². The van der Waals surface area contributed by atoms with Crippen LogP contribution in [0.25, 0.3) is 0 Å². The zero-order valence-electron chi connectivity index (χ0n) is 16.1. The van der Waals surface area contributed by atoms with E-state index in [1.807, 2.05) is 38.1 Å². The second kappa shape index (κ2) is 6.63. The molecule has 0 bridgehead atoms. The third kappa shape index (κ3) is 4.15. The van der Waals surface area contributed by atoms with Crippen LogP contribution in [0, 0.1) is 0 Å². The van der Waals surface area contributed by atoms with Gasteiger partial charge in [-0.25, -0.2) is 9.78 Å². The van der Waals surface area contributed by atoms with Gasteiger partial charge in [-0.1, -0.05) is 39.0 Å². The largest absolute Gasteiger partial charge is 0.486 e. The molecule has 7 nitrogen and oxygen atoms in total. The fourth-order valence-electron chi connectivity index (χ4n) is 2.91. The molecular formula is C19H27N5O2. The number of amides is 2. The predicted octanol–water partition coefficient (Wildman–Crippen LogP) is 2.99. The van der Waals surface area contributed by atoms with Crippen LogP contribution in [-0.2, 0) is 18.5 Å². The standard InChI is InChI=1S/C19H27N5O2/c1-18(2,3)16-21-15(22-23-16)10-20-17(25)24-11-13-8-6-7-9-14(13)26-19(4,5)12-24/h6-9H,10-12H2,1-5H3,(H,20,25)(H,21,22,23). The molecule has 7 heteroatoms. The van der Waals surface area contributed by atoms with Crippen LogP contribution < -0.4 is 10.1 Å². The van der Waals surface area contributed by atoms with E-state index in [2.05, 4.69) is 41.3 Å². The zero-order valence-corrected chi connectivity index (χ0v) is 16.1. The maximum atomic E-state index is 12.7. The fraction of sp³-hybridized carbons (Fsp3) is 0.526. The lowest BCUT2D eigenvalue weighted by Gasteiger charge is -2.29. The first-order valence-electron chi connectivity index (χ1n) is 8.85. The number of urea groups is 1. The summed E-state index contributed by atoms with van der Waals surface area (Å²) in [5.74, 6) is 2.21. The van der Waals surface area contributed by atoms with Crippen LogP contribution in [0.4, 0.5) is 4.79 Å². The fourth-order valence-corrected chi connectivity index (χ4v) is 2.91. The van der Waals surface area contributed by atoms with Crippen molar-refractivity contribution in [3.8, 4) is 5.75 Å². The molecule has 1 aromatic heterocycles. The van der Waals surface area contributed by atoms with Gasteiger partial charge in [0.15, 0.2) is 5.82 Å². The van der Waals surface area contributed by atoms with Gasteiger partial charge in [0.1, 0.15) is 17.2 Å². The van der Waals surface area contributed by atoms with E-state index in [1.54, 1.807) is 4.90 Å². The van der Waals surface area contributed by atoms with Gasteiger partial charge in [0.05, 0.1) is 19.6 Å². The quantitative estimate of drug-likeness (QED) is 0.865. The van der Waals surface area contributed by atoms with E-state index in [-0.39, 0.29) is 11.4 Å². The number of carbonyl (C=O) groups excluding carboxylic acids is 1. The van der Waals surface area contributed by atoms with E-state index in [9.17, 15) is 4.79 Å². The van der Waals surface area contributed by atoms with Gasteiger partial charge in [-0.2, -0.15) is 5.10 Å². The number of benzene rings is 1. The van der Waals surface area contributed by atoms with Crippen LogP contribution in [0.5, 0.6) is 5.75 Å². The van der Waals surface area contributed by atoms with E-state index in [1.165, 1.54) is 0 Å². The molecule has 0 unspecified atom stereocenters. The summed E-state index contributed by atoms with van der Waals surface area (Å²) in [6.07, 6.45) is 0. The number of fused-ring (bicyclic) bond motifs is 1. The second-order valence-electron chi connectivity index (χ2n) is 8.34. The molecule has 0 fully saturated rings. The molecule has 2 amide bonds. The molecule has 0 radical (unpaired) electrons. The van der Waals surface area contributed by atoms with Gasteiger partial charge in [0, 0.05) is 11.0 Å². The first-order valence-corrected chi connectivity index (χ1v) is 8.85. The van der Waals surface area contributed by atoms with Gasteiger partial charge in [-0.15, -0.1) is 0 Å². The SMILES string of the molecule is CC1(C)CN(C(=O)NCc2nc(C(C)(C)C)n[nH]2)Cc2ccccc2O1. The summed E-state index contributed by atoms with van der Waals surface area (Å²) >= 11 is 0. The first-order chi connectivity index (χ1) is 12.1. The molecule has 0 saturated heterocycles. The van der Waals surface area contributed by atoms with Crippen LogP contribution in [-0.4, -0.2) is 38.3 Å². The first kappa shape index (κ1) is 18.2. The molecule has 0 spiro atoms. The van der Waals surface area contributed by atoms with Gasteiger partial charge in [0.2, 0.25) is 0 Å². The predicted molar refractivity (Wildman–Crippen MR) is 98.9 cm³/mol. The molecule has 0 saturated carbocycles. The Morgan fingerprint density at radius 3 is 2.77 bits per heavy atom. The summed E-state index contributed by atoms with van der Waals surface area (Å²) in [7, 11) is 0. The van der Waals surface area contributed by atoms with Crippen molar-refractivity contribution >= 4 is 6.03 Å².